The van der Waals surface area contributed by atoms with Crippen LogP contribution in [0.25, 0.3) is 16.6 Å². The van der Waals surface area contributed by atoms with Gasteiger partial charge in [0.25, 0.3) is 0 Å². The lowest BCUT2D eigenvalue weighted by atomic mass is 9.45. The zero-order chi connectivity index (χ0) is 62.8. The first-order valence-electron chi connectivity index (χ1n) is 35.0. The van der Waals surface area contributed by atoms with Crippen LogP contribution in [0.3, 0.4) is 0 Å². The summed E-state index contributed by atoms with van der Waals surface area (Å²) in [5.41, 5.74) is 13.7. The van der Waals surface area contributed by atoms with E-state index in [9.17, 15) is 25.5 Å². The summed E-state index contributed by atoms with van der Waals surface area (Å²) in [6.45, 7) is 5.59. The number of rotatable bonds is 14. The van der Waals surface area contributed by atoms with Gasteiger partial charge in [-0.15, -0.1) is 0 Å². The molecule has 10 bridgehead atoms. The SMILES string of the molecule is CCC[C@H](C)C[C@@H]1C[C@@H]2Cc3c(CO)cc(O)c(c31)OCc1cc([C@]34c5c6cccc5CC[C@H]3C3(CCCCC3)OC[C@H]4CC6)cc3cn(cc13)C1=C3C(=CC(NCOC)N1)C#C[C@@H](CCc1ccc(O)c(Cc4cccc(O)c4)c1)CC[C@@H]1C=C[C@@H]3O[C@@H]1C[C@@H]2O. The number of nitrogens with one attached hydrogen (secondary N) is 2. The molecule has 1 unspecified atom stereocenters. The van der Waals surface area contributed by atoms with Crippen molar-refractivity contribution in [1.29, 1.82) is 0 Å². The molecular formula is C80H93N3O9. The van der Waals surface area contributed by atoms with Crippen LogP contribution in [-0.4, -0.2) is 80.6 Å². The molecule has 12 heteroatoms. The van der Waals surface area contributed by atoms with Crippen molar-refractivity contribution in [2.24, 2.45) is 35.5 Å². The summed E-state index contributed by atoms with van der Waals surface area (Å²) in [6.07, 6.45) is 27.8. The van der Waals surface area contributed by atoms with Crippen LogP contribution < -0.4 is 15.4 Å². The summed E-state index contributed by atoms with van der Waals surface area (Å²) < 4.78 is 30.4. The van der Waals surface area contributed by atoms with E-state index in [1.54, 1.807) is 36.9 Å². The number of fused-ring (bicyclic) bond motifs is 7. The molecule has 6 aliphatic heterocycles. The maximum absolute atomic E-state index is 13.1. The molecule has 1 saturated heterocycles. The molecule has 1 saturated carbocycles. The Bertz CT molecular complexity index is 3920. The van der Waals surface area contributed by atoms with Crippen LogP contribution in [0.1, 0.15) is 177 Å². The lowest BCUT2D eigenvalue weighted by Crippen LogP contribution is -2.64. The number of ether oxygens (including phenoxy) is 4. The topological polar surface area (TPSA) is 167 Å². The third kappa shape index (κ3) is 11.2. The van der Waals surface area contributed by atoms with Crippen LogP contribution in [0.4, 0.5) is 0 Å². The van der Waals surface area contributed by atoms with Gasteiger partial charge in [0, 0.05) is 83.0 Å². The Balaban J connectivity index is 0.919. The average molecular weight is 1240 g/mol. The molecule has 7 N–H and O–H groups in total. The van der Waals surface area contributed by atoms with E-state index in [0.717, 1.165) is 151 Å². The second-order valence-corrected chi connectivity index (χ2v) is 29.1. The zero-order valence-electron chi connectivity index (χ0n) is 54.0. The Hall–Kier alpha value is -6.82. The van der Waals surface area contributed by atoms with E-state index >= 15 is 0 Å². The number of hydrogen-bond acceptors (Lipinski definition) is 11. The van der Waals surface area contributed by atoms with Gasteiger partial charge in [0.2, 0.25) is 0 Å². The number of aromatic hydroxyl groups is 3. The molecule has 17 rings (SSSR count). The molecule has 2 fully saturated rings. The molecule has 0 amide bonds. The maximum atomic E-state index is 13.1. The van der Waals surface area contributed by atoms with Crippen LogP contribution in [-0.2, 0) is 64.9 Å². The van der Waals surface area contributed by atoms with Crippen molar-refractivity contribution in [2.45, 2.75) is 197 Å². The number of aliphatic hydroxyl groups is 2. The molecule has 12 nitrogen and oxygen atoms in total. The molecule has 1 aromatic heterocycles. The van der Waals surface area contributed by atoms with Crippen molar-refractivity contribution in [3.8, 4) is 34.8 Å². The fourth-order valence-corrected chi connectivity index (χ4v) is 19.3. The molecule has 5 aromatic carbocycles. The number of hydrogen-bond donors (Lipinski definition) is 7. The fourth-order valence-electron chi connectivity index (χ4n) is 19.3. The van der Waals surface area contributed by atoms with Gasteiger partial charge in [-0.05, 0) is 199 Å². The molecule has 92 heavy (non-hydrogen) atoms. The number of methoxy groups -OCH3 is 1. The van der Waals surface area contributed by atoms with Gasteiger partial charge in [-0.2, -0.15) is 0 Å². The quantitative estimate of drug-likeness (QED) is 0.0315. The summed E-state index contributed by atoms with van der Waals surface area (Å²) >= 11 is 0. The van der Waals surface area contributed by atoms with Crippen LogP contribution in [0.5, 0.6) is 23.0 Å². The molecular weight excluding hydrogens is 1150 g/mol. The van der Waals surface area contributed by atoms with Gasteiger partial charge in [0.15, 0.2) is 11.5 Å². The van der Waals surface area contributed by atoms with Crippen molar-refractivity contribution < 1.29 is 44.5 Å². The second kappa shape index (κ2) is 25.5. The lowest BCUT2D eigenvalue weighted by molar-refractivity contribution is -0.193. The van der Waals surface area contributed by atoms with Gasteiger partial charge >= 0.3 is 0 Å². The molecule has 482 valence electrons. The van der Waals surface area contributed by atoms with E-state index in [1.807, 2.05) is 18.2 Å². The van der Waals surface area contributed by atoms with E-state index in [1.165, 1.54) is 36.0 Å². The largest absolute Gasteiger partial charge is 0.508 e. The smallest absolute Gasteiger partial charge is 0.165 e. The summed E-state index contributed by atoms with van der Waals surface area (Å²) in [5, 5.41) is 67.9. The Kier molecular flexibility index (Phi) is 17.0. The van der Waals surface area contributed by atoms with Gasteiger partial charge in [-0.1, -0.05) is 118 Å². The van der Waals surface area contributed by atoms with Crippen molar-refractivity contribution in [3.63, 3.8) is 0 Å². The van der Waals surface area contributed by atoms with E-state index in [0.29, 0.717) is 55.6 Å². The van der Waals surface area contributed by atoms with E-state index in [2.05, 4.69) is 108 Å². The van der Waals surface area contributed by atoms with Gasteiger partial charge in [-0.25, -0.2) is 0 Å². The van der Waals surface area contributed by atoms with E-state index in [4.69, 9.17) is 18.9 Å². The molecule has 11 aliphatic rings. The molecule has 12 atom stereocenters. The first kappa shape index (κ1) is 61.4. The van der Waals surface area contributed by atoms with Gasteiger partial charge in [0.05, 0.1) is 37.8 Å². The second-order valence-electron chi connectivity index (χ2n) is 29.1. The summed E-state index contributed by atoms with van der Waals surface area (Å²) in [6, 6.07) is 27.0. The van der Waals surface area contributed by atoms with Gasteiger partial charge in [0.1, 0.15) is 36.2 Å². The Morgan fingerprint density at radius 2 is 1.72 bits per heavy atom. The molecule has 5 aliphatic carbocycles. The minimum absolute atomic E-state index is 0.000747. The van der Waals surface area contributed by atoms with Crippen molar-refractivity contribution >= 4 is 16.6 Å². The minimum Gasteiger partial charge on any atom is -0.508 e. The number of aromatic nitrogens is 1. The number of aliphatic hydroxyl groups excluding tert-OH is 2. The number of phenolic OH excluding ortho intramolecular Hbond substituents is 3. The zero-order valence-corrected chi connectivity index (χ0v) is 54.0. The molecule has 0 radical (unpaired) electrons. The highest BCUT2D eigenvalue weighted by molar-refractivity contribution is 5.89. The third-order valence-electron chi connectivity index (χ3n) is 23.5. The predicted octanol–water partition coefficient (Wildman–Crippen LogP) is 14.0. The van der Waals surface area contributed by atoms with Crippen LogP contribution >= 0.6 is 0 Å². The van der Waals surface area contributed by atoms with E-state index in [-0.39, 0.29) is 83.3 Å². The number of aryl methyl sites for hydroxylation is 3. The summed E-state index contributed by atoms with van der Waals surface area (Å²) in [5.74, 6) is 10.3. The van der Waals surface area contributed by atoms with Gasteiger partial charge in [-0.3, -0.25) is 5.32 Å². The van der Waals surface area contributed by atoms with Crippen molar-refractivity contribution in [2.75, 3.05) is 20.4 Å². The molecule has 7 heterocycles. The lowest BCUT2D eigenvalue weighted by Gasteiger charge is -2.63. The first-order valence-corrected chi connectivity index (χ1v) is 35.0. The summed E-state index contributed by atoms with van der Waals surface area (Å²) in [4.78, 5) is 0. The number of dihydropyridines is 1. The molecule has 6 aromatic rings. The highest BCUT2D eigenvalue weighted by atomic mass is 16.5. The highest BCUT2D eigenvalue weighted by Crippen LogP contribution is 2.65. The first-order chi connectivity index (χ1) is 44.9. The molecule has 1 spiro atoms. The summed E-state index contributed by atoms with van der Waals surface area (Å²) in [7, 11) is 1.70. The van der Waals surface area contributed by atoms with E-state index < -0.39 is 12.2 Å². The van der Waals surface area contributed by atoms with Crippen LogP contribution in [0, 0.1) is 47.3 Å². The third-order valence-corrected chi connectivity index (χ3v) is 23.5. The Morgan fingerprint density at radius 3 is 2.54 bits per heavy atom. The number of nitrogens with zero attached hydrogens (tertiary/aromatic N) is 1. The average Bonchev–Trinajstić information content (AvgIpc) is 0.779. The normalized spacial score (nSPS) is 28.7. The van der Waals surface area contributed by atoms with Crippen LogP contribution in [0.2, 0.25) is 0 Å². The van der Waals surface area contributed by atoms with Gasteiger partial charge < -0.3 is 54.4 Å². The number of benzene rings is 5. The monoisotopic (exact) mass is 1240 g/mol. The van der Waals surface area contributed by atoms with Crippen molar-refractivity contribution in [1.82, 2.24) is 15.2 Å². The number of phenols is 3. The van der Waals surface area contributed by atoms with Crippen LogP contribution in [0.15, 0.2) is 121 Å². The van der Waals surface area contributed by atoms with Crippen molar-refractivity contribution in [3.05, 3.63) is 182 Å². The standard InChI is InChI=1S/C80H93N3O9/c1-4-10-48(2)31-58-35-57-38-65-60(44-84)39-69(88)77(74(58)65)90-45-61-37-63(80-62-25-22-53-12-9-13-54(76(53)80)24-28-72(80)79(91-46-62)29-6-5-7-30-79)36-59-42-83(43-66(59)61)78-75-55(40-73(82-78)81-47-89-3)21-18-49(17-20-52-23-27-70(75)92-71(52)41-68(57)87)15-16-50-19-26-67(86)56(32-50)33-51-11-8-14-64(85)34-51/h8-9,11-14,19,23,26-27,32,34,36-37,39-40,42-43,48-49,52,57-58,62,68,70-73,81-82,84-88H,4-7,10,15-17,20,22,24-25,28-31,33,35,38,41,44-47H2,1-3H3/t48-,49-,52+,57+,58+,62+,68-,70-,71+,72-,73?,80-/m0/s1. The highest BCUT2D eigenvalue weighted by Gasteiger charge is 2.63. The Labute approximate surface area is 543 Å². The fraction of sp³-hybridized carbons (Fsp3) is 0.500. The predicted molar refractivity (Wildman–Crippen MR) is 359 cm³/mol. The maximum Gasteiger partial charge on any atom is 0.165 e. The minimum atomic E-state index is -0.725. The Morgan fingerprint density at radius 1 is 0.870 bits per heavy atom.